The predicted molar refractivity (Wildman–Crippen MR) is 97.1 cm³/mol. The molecule has 24 heavy (non-hydrogen) atoms. The van der Waals surface area contributed by atoms with Gasteiger partial charge in [-0.3, -0.25) is 4.99 Å². The van der Waals surface area contributed by atoms with Crippen molar-refractivity contribution in [2.45, 2.75) is 34.2 Å². The van der Waals surface area contributed by atoms with Crippen LogP contribution in [0.3, 0.4) is 0 Å². The molecule has 128 valence electrons. The van der Waals surface area contributed by atoms with Crippen molar-refractivity contribution in [1.82, 2.24) is 19.7 Å². The Morgan fingerprint density at radius 3 is 2.67 bits per heavy atom. The number of aliphatic imine (C=N–C) groups is 1. The van der Waals surface area contributed by atoms with Crippen LogP contribution in [0.5, 0.6) is 0 Å². The number of fused-ring (bicyclic) bond motifs is 1. The molecule has 0 atom stereocenters. The molecule has 0 bridgehead atoms. The third-order valence-corrected chi connectivity index (χ3v) is 3.69. The van der Waals surface area contributed by atoms with Gasteiger partial charge in [0.2, 0.25) is 5.95 Å². The maximum absolute atomic E-state index is 6.17. The highest BCUT2D eigenvalue weighted by Gasteiger charge is 2.15. The Hall–Kier alpha value is -2.41. The van der Waals surface area contributed by atoms with E-state index in [2.05, 4.69) is 20.1 Å². The van der Waals surface area contributed by atoms with Crippen LogP contribution in [0, 0.1) is 6.92 Å². The second kappa shape index (κ2) is 7.44. The van der Waals surface area contributed by atoms with Gasteiger partial charge in [0.1, 0.15) is 11.4 Å². The van der Waals surface area contributed by atoms with Crippen molar-refractivity contribution in [2.24, 2.45) is 4.99 Å². The van der Waals surface area contributed by atoms with Crippen LogP contribution in [0.1, 0.15) is 26.5 Å². The molecule has 2 aromatic rings. The van der Waals surface area contributed by atoms with Gasteiger partial charge >= 0.3 is 0 Å². The van der Waals surface area contributed by atoms with E-state index in [-0.39, 0.29) is 5.95 Å². The Morgan fingerprint density at radius 1 is 1.33 bits per heavy atom. The number of hydrogen-bond acceptors (Lipinski definition) is 6. The van der Waals surface area contributed by atoms with E-state index in [0.29, 0.717) is 22.7 Å². The average molecular weight is 349 g/mol. The van der Waals surface area contributed by atoms with Gasteiger partial charge in [0.15, 0.2) is 5.65 Å². The third kappa shape index (κ3) is 3.91. The summed E-state index contributed by atoms with van der Waals surface area (Å²) in [6.45, 7) is 8.27. The number of nitrogens with zero attached hydrogens (tertiary/aromatic N) is 5. The van der Waals surface area contributed by atoms with Gasteiger partial charge in [-0.2, -0.15) is 10.1 Å². The highest BCUT2D eigenvalue weighted by Crippen LogP contribution is 2.25. The van der Waals surface area contributed by atoms with Crippen molar-refractivity contribution in [2.75, 3.05) is 12.8 Å². The van der Waals surface area contributed by atoms with Crippen LogP contribution in [-0.2, 0) is 11.3 Å². The van der Waals surface area contributed by atoms with Gasteiger partial charge in [0.25, 0.3) is 0 Å². The largest absolute Gasteiger partial charge is 0.502 e. The lowest BCUT2D eigenvalue weighted by Crippen LogP contribution is -2.07. The molecular formula is C16H21ClN6O. The number of anilines is 1. The number of nitrogen functional groups attached to an aromatic ring is 1. The Kier molecular flexibility index (Phi) is 5.56. The number of allylic oxidation sites excluding steroid dienone is 3. The molecule has 2 rings (SSSR count). The van der Waals surface area contributed by atoms with Crippen LogP contribution < -0.4 is 5.73 Å². The SMILES string of the molecule is CO/C=C(\C)N=CC(Cn1nc(C)c2c(Cl)nc(N)nc21)=C(C)C. The monoisotopic (exact) mass is 348 g/mol. The number of aryl methyl sites for hydroxylation is 1. The van der Waals surface area contributed by atoms with Crippen molar-refractivity contribution < 1.29 is 4.74 Å². The maximum Gasteiger partial charge on any atom is 0.223 e. The molecule has 0 saturated heterocycles. The first kappa shape index (κ1) is 17.9. The average Bonchev–Trinajstić information content (AvgIpc) is 2.79. The quantitative estimate of drug-likeness (QED) is 0.508. The molecule has 0 spiro atoms. The molecule has 0 saturated carbocycles. The van der Waals surface area contributed by atoms with Crippen LogP contribution in [0.25, 0.3) is 11.0 Å². The lowest BCUT2D eigenvalue weighted by Gasteiger charge is -2.07. The van der Waals surface area contributed by atoms with E-state index in [0.717, 1.165) is 22.5 Å². The fourth-order valence-electron chi connectivity index (χ4n) is 2.19. The van der Waals surface area contributed by atoms with E-state index < -0.39 is 0 Å². The van der Waals surface area contributed by atoms with Crippen molar-refractivity contribution in [3.63, 3.8) is 0 Å². The molecule has 0 fully saturated rings. The molecule has 2 N–H and O–H groups in total. The fourth-order valence-corrected chi connectivity index (χ4v) is 2.50. The van der Waals surface area contributed by atoms with Crippen LogP contribution in [0.15, 0.2) is 28.1 Å². The van der Waals surface area contributed by atoms with Gasteiger partial charge in [0.05, 0.1) is 30.4 Å². The summed E-state index contributed by atoms with van der Waals surface area (Å²) in [6, 6.07) is 0. The zero-order chi connectivity index (χ0) is 17.9. The van der Waals surface area contributed by atoms with Crippen molar-refractivity contribution in [1.29, 1.82) is 0 Å². The first-order chi connectivity index (χ1) is 11.3. The highest BCUT2D eigenvalue weighted by molar-refractivity contribution is 6.34. The van der Waals surface area contributed by atoms with Gasteiger partial charge in [-0.1, -0.05) is 17.2 Å². The van der Waals surface area contributed by atoms with E-state index in [1.54, 1.807) is 24.3 Å². The third-order valence-electron chi connectivity index (χ3n) is 3.41. The summed E-state index contributed by atoms with van der Waals surface area (Å²) < 4.78 is 6.71. The number of ether oxygens (including phenoxy) is 1. The summed E-state index contributed by atoms with van der Waals surface area (Å²) in [5.41, 5.74) is 9.99. The Balaban J connectivity index is 2.43. The maximum atomic E-state index is 6.17. The zero-order valence-electron chi connectivity index (χ0n) is 14.5. The van der Waals surface area contributed by atoms with E-state index in [1.807, 2.05) is 27.7 Å². The van der Waals surface area contributed by atoms with Gasteiger partial charge in [-0.15, -0.1) is 0 Å². The minimum atomic E-state index is 0.125. The summed E-state index contributed by atoms with van der Waals surface area (Å²) in [6.07, 6.45) is 3.38. The number of halogens is 1. The smallest absolute Gasteiger partial charge is 0.223 e. The summed E-state index contributed by atoms with van der Waals surface area (Å²) >= 11 is 6.17. The second-order valence-electron chi connectivity index (χ2n) is 5.59. The Morgan fingerprint density at radius 2 is 2.04 bits per heavy atom. The Bertz CT molecular complexity index is 846. The van der Waals surface area contributed by atoms with Gasteiger partial charge in [-0.05, 0) is 33.3 Å². The fraction of sp³-hybridized carbons (Fsp3) is 0.375. The first-order valence-electron chi connectivity index (χ1n) is 7.39. The van der Waals surface area contributed by atoms with Crippen molar-refractivity contribution in [3.05, 3.63) is 34.0 Å². The topological polar surface area (TPSA) is 91.2 Å². The van der Waals surface area contributed by atoms with Crippen LogP contribution in [-0.4, -0.2) is 33.1 Å². The molecule has 0 aliphatic rings. The lowest BCUT2D eigenvalue weighted by atomic mass is 10.1. The number of rotatable bonds is 5. The van der Waals surface area contributed by atoms with Crippen molar-refractivity contribution >= 4 is 34.8 Å². The lowest BCUT2D eigenvalue weighted by molar-refractivity contribution is 0.333. The molecule has 2 heterocycles. The zero-order valence-corrected chi connectivity index (χ0v) is 15.2. The first-order valence-corrected chi connectivity index (χ1v) is 7.77. The van der Waals surface area contributed by atoms with Crippen LogP contribution in [0.4, 0.5) is 5.95 Å². The molecule has 0 aromatic carbocycles. The van der Waals surface area contributed by atoms with E-state index in [1.165, 1.54) is 0 Å². The highest BCUT2D eigenvalue weighted by atomic mass is 35.5. The second-order valence-corrected chi connectivity index (χ2v) is 5.95. The van der Waals surface area contributed by atoms with Crippen LogP contribution in [0.2, 0.25) is 5.15 Å². The minimum Gasteiger partial charge on any atom is -0.502 e. The number of aromatic nitrogens is 4. The summed E-state index contributed by atoms with van der Waals surface area (Å²) in [7, 11) is 1.59. The summed E-state index contributed by atoms with van der Waals surface area (Å²) in [5, 5.41) is 5.54. The summed E-state index contributed by atoms with van der Waals surface area (Å²) in [4.78, 5) is 12.7. The summed E-state index contributed by atoms with van der Waals surface area (Å²) in [5.74, 6) is 0.125. The molecule has 0 radical (unpaired) electrons. The number of methoxy groups -OCH3 is 1. The van der Waals surface area contributed by atoms with Crippen molar-refractivity contribution in [3.8, 4) is 0 Å². The molecule has 0 aliphatic carbocycles. The van der Waals surface area contributed by atoms with Gasteiger partial charge in [0, 0.05) is 6.21 Å². The van der Waals surface area contributed by atoms with E-state index >= 15 is 0 Å². The number of nitrogens with two attached hydrogens (primary N) is 1. The molecule has 2 aromatic heterocycles. The number of hydrogen-bond donors (Lipinski definition) is 1. The standard InChI is InChI=1S/C16H21ClN6O/c1-9(2)12(6-19-10(3)8-24-5)7-23-15-13(11(4)22-23)14(17)20-16(18)21-15/h6,8H,7H2,1-5H3,(H2,18,20,21)/b10-8+,19-6?. The van der Waals surface area contributed by atoms with E-state index in [4.69, 9.17) is 22.1 Å². The molecule has 0 unspecified atom stereocenters. The Labute approximate surface area is 145 Å². The normalized spacial score (nSPS) is 12.2. The van der Waals surface area contributed by atoms with E-state index in [9.17, 15) is 0 Å². The minimum absolute atomic E-state index is 0.125. The molecule has 8 heteroatoms. The molecule has 0 aliphatic heterocycles. The molecule has 0 amide bonds. The molecular weight excluding hydrogens is 328 g/mol. The van der Waals surface area contributed by atoms with Gasteiger partial charge in [-0.25, -0.2) is 9.67 Å². The van der Waals surface area contributed by atoms with Crippen LogP contribution >= 0.6 is 11.6 Å². The molecule has 7 nitrogen and oxygen atoms in total. The predicted octanol–water partition coefficient (Wildman–Crippen LogP) is 3.29. The van der Waals surface area contributed by atoms with Gasteiger partial charge < -0.3 is 10.5 Å².